The maximum absolute atomic E-state index is 5.43. The minimum Gasteiger partial charge on any atom is -0.474 e. The van der Waals surface area contributed by atoms with Gasteiger partial charge in [-0.15, -0.1) is 0 Å². The summed E-state index contributed by atoms with van der Waals surface area (Å²) in [6, 6.07) is 0. The molecule has 7 heteroatoms. The predicted octanol–water partition coefficient (Wildman–Crippen LogP) is 0.645. The number of nitrogens with one attached hydrogen (secondary N) is 1. The zero-order valence-electron chi connectivity index (χ0n) is 12.8. The van der Waals surface area contributed by atoms with Crippen LogP contribution in [0.1, 0.15) is 12.6 Å². The molecule has 0 spiro atoms. The van der Waals surface area contributed by atoms with Gasteiger partial charge in [-0.05, 0) is 6.54 Å². The first-order valence-corrected chi connectivity index (χ1v) is 7.15. The van der Waals surface area contributed by atoms with Gasteiger partial charge in [-0.2, -0.15) is 0 Å². The van der Waals surface area contributed by atoms with Crippen molar-refractivity contribution < 1.29 is 18.9 Å². The minimum atomic E-state index is 0.444. The first-order chi connectivity index (χ1) is 10.4. The van der Waals surface area contributed by atoms with Gasteiger partial charge >= 0.3 is 0 Å². The Labute approximate surface area is 126 Å². The molecule has 1 heterocycles. The largest absolute Gasteiger partial charge is 0.474 e. The van der Waals surface area contributed by atoms with Crippen LogP contribution in [0.15, 0.2) is 12.4 Å². The Kier molecular flexibility index (Phi) is 10.5. The van der Waals surface area contributed by atoms with E-state index in [4.69, 9.17) is 18.9 Å². The zero-order valence-corrected chi connectivity index (χ0v) is 12.8. The summed E-state index contributed by atoms with van der Waals surface area (Å²) in [5.41, 5.74) is 0.897. The van der Waals surface area contributed by atoms with E-state index in [0.29, 0.717) is 45.5 Å². The van der Waals surface area contributed by atoms with Crippen LogP contribution in [0.3, 0.4) is 0 Å². The molecule has 1 N–H and O–H groups in total. The standard InChI is InChI=1S/C14H25N3O4/c1-3-15-10-13-11-17-14(12-16-13)21-9-8-20-7-6-19-5-4-18-2/h11-12,15H,3-10H2,1-2H3. The van der Waals surface area contributed by atoms with E-state index in [1.807, 2.05) is 6.92 Å². The molecule has 1 aromatic rings. The summed E-state index contributed by atoms with van der Waals surface area (Å²) in [5.74, 6) is 0.509. The Morgan fingerprint density at radius 2 is 1.67 bits per heavy atom. The highest BCUT2D eigenvalue weighted by atomic mass is 16.6. The number of methoxy groups -OCH3 is 1. The van der Waals surface area contributed by atoms with Crippen LogP contribution in [0.25, 0.3) is 0 Å². The number of ether oxygens (including phenoxy) is 4. The van der Waals surface area contributed by atoms with Gasteiger partial charge in [0, 0.05) is 13.7 Å². The van der Waals surface area contributed by atoms with Crippen molar-refractivity contribution >= 4 is 0 Å². The molecule has 0 fully saturated rings. The van der Waals surface area contributed by atoms with Gasteiger partial charge in [-0.3, -0.25) is 4.98 Å². The highest BCUT2D eigenvalue weighted by molar-refractivity contribution is 5.06. The molecule has 1 rings (SSSR count). The van der Waals surface area contributed by atoms with Crippen LogP contribution in [0, 0.1) is 0 Å². The van der Waals surface area contributed by atoms with Gasteiger partial charge in [-0.1, -0.05) is 6.92 Å². The Hall–Kier alpha value is -1.28. The summed E-state index contributed by atoms with van der Waals surface area (Å²) in [5, 5.41) is 3.19. The van der Waals surface area contributed by atoms with Gasteiger partial charge in [-0.25, -0.2) is 4.98 Å². The molecule has 0 aliphatic rings. The lowest BCUT2D eigenvalue weighted by Crippen LogP contribution is -2.14. The number of nitrogens with zero attached hydrogens (tertiary/aromatic N) is 2. The van der Waals surface area contributed by atoms with Crippen molar-refractivity contribution in [2.24, 2.45) is 0 Å². The van der Waals surface area contributed by atoms with E-state index in [-0.39, 0.29) is 0 Å². The van der Waals surface area contributed by atoms with Crippen LogP contribution in [-0.2, 0) is 20.8 Å². The van der Waals surface area contributed by atoms with E-state index in [1.165, 1.54) is 0 Å². The molecule has 0 aliphatic carbocycles. The normalized spacial score (nSPS) is 10.8. The number of hydrogen-bond donors (Lipinski definition) is 1. The Balaban J connectivity index is 1.99. The smallest absolute Gasteiger partial charge is 0.232 e. The fourth-order valence-corrected chi connectivity index (χ4v) is 1.43. The van der Waals surface area contributed by atoms with Crippen LogP contribution < -0.4 is 10.1 Å². The number of hydrogen-bond acceptors (Lipinski definition) is 7. The topological polar surface area (TPSA) is 74.7 Å². The first kappa shape index (κ1) is 17.8. The summed E-state index contributed by atoms with van der Waals surface area (Å²) in [6.45, 7) is 6.91. The van der Waals surface area contributed by atoms with E-state index in [2.05, 4.69) is 15.3 Å². The lowest BCUT2D eigenvalue weighted by atomic mass is 10.4. The maximum atomic E-state index is 5.43. The molecule has 0 aliphatic heterocycles. The first-order valence-electron chi connectivity index (χ1n) is 7.15. The van der Waals surface area contributed by atoms with Crippen molar-refractivity contribution in [2.45, 2.75) is 13.5 Å². The second-order valence-electron chi connectivity index (χ2n) is 4.19. The van der Waals surface area contributed by atoms with Crippen molar-refractivity contribution in [3.8, 4) is 5.88 Å². The Morgan fingerprint density at radius 1 is 0.952 bits per heavy atom. The van der Waals surface area contributed by atoms with Crippen LogP contribution in [0.4, 0.5) is 0 Å². The van der Waals surface area contributed by atoms with Crippen LogP contribution in [-0.4, -0.2) is 63.3 Å². The molecule has 0 saturated heterocycles. The summed E-state index contributed by atoms with van der Waals surface area (Å²) < 4.78 is 20.9. The summed E-state index contributed by atoms with van der Waals surface area (Å²) in [6.07, 6.45) is 3.34. The van der Waals surface area contributed by atoms with Crippen molar-refractivity contribution in [3.05, 3.63) is 18.1 Å². The summed E-state index contributed by atoms with van der Waals surface area (Å²) in [7, 11) is 1.65. The summed E-state index contributed by atoms with van der Waals surface area (Å²) >= 11 is 0. The Bertz CT molecular complexity index is 349. The lowest BCUT2D eigenvalue weighted by molar-refractivity contribution is 0.0176. The van der Waals surface area contributed by atoms with Gasteiger partial charge in [0.15, 0.2) is 0 Å². The molecule has 0 saturated carbocycles. The molecule has 0 bridgehead atoms. The van der Waals surface area contributed by atoms with E-state index < -0.39 is 0 Å². The molecule has 7 nitrogen and oxygen atoms in total. The lowest BCUT2D eigenvalue weighted by Gasteiger charge is -2.07. The quantitative estimate of drug-likeness (QED) is 0.536. The molecule has 0 unspecified atom stereocenters. The van der Waals surface area contributed by atoms with Gasteiger partial charge in [0.2, 0.25) is 5.88 Å². The highest BCUT2D eigenvalue weighted by Gasteiger charge is 1.98. The van der Waals surface area contributed by atoms with Crippen molar-refractivity contribution in [1.29, 1.82) is 0 Å². The molecule has 0 amide bonds. The maximum Gasteiger partial charge on any atom is 0.232 e. The van der Waals surface area contributed by atoms with Crippen LogP contribution >= 0.6 is 0 Å². The molecule has 0 atom stereocenters. The van der Waals surface area contributed by atoms with Crippen molar-refractivity contribution in [1.82, 2.24) is 15.3 Å². The molecule has 21 heavy (non-hydrogen) atoms. The van der Waals surface area contributed by atoms with Crippen LogP contribution in [0.5, 0.6) is 5.88 Å². The fraction of sp³-hybridized carbons (Fsp3) is 0.714. The molecular formula is C14H25N3O4. The van der Waals surface area contributed by atoms with Gasteiger partial charge in [0.05, 0.1) is 51.1 Å². The molecule has 1 aromatic heterocycles. The SMILES string of the molecule is CCNCc1cnc(OCCOCCOCCOC)cn1. The van der Waals surface area contributed by atoms with E-state index in [0.717, 1.165) is 18.8 Å². The van der Waals surface area contributed by atoms with Crippen molar-refractivity contribution in [2.75, 3.05) is 53.3 Å². The monoisotopic (exact) mass is 299 g/mol. The van der Waals surface area contributed by atoms with Crippen LogP contribution in [0.2, 0.25) is 0 Å². The second-order valence-corrected chi connectivity index (χ2v) is 4.19. The minimum absolute atomic E-state index is 0.444. The second kappa shape index (κ2) is 12.5. The predicted molar refractivity (Wildman–Crippen MR) is 78.4 cm³/mol. The van der Waals surface area contributed by atoms with Gasteiger partial charge < -0.3 is 24.3 Å². The third-order valence-electron chi connectivity index (χ3n) is 2.52. The van der Waals surface area contributed by atoms with E-state index in [1.54, 1.807) is 19.5 Å². The Morgan fingerprint density at radius 3 is 2.29 bits per heavy atom. The van der Waals surface area contributed by atoms with Gasteiger partial charge in [0.1, 0.15) is 6.61 Å². The average Bonchev–Trinajstić information content (AvgIpc) is 2.52. The average molecular weight is 299 g/mol. The third kappa shape index (κ3) is 9.30. The van der Waals surface area contributed by atoms with Gasteiger partial charge in [0.25, 0.3) is 0 Å². The van der Waals surface area contributed by atoms with E-state index >= 15 is 0 Å². The number of rotatable bonds is 13. The summed E-state index contributed by atoms with van der Waals surface area (Å²) in [4.78, 5) is 8.43. The highest BCUT2D eigenvalue weighted by Crippen LogP contribution is 2.03. The number of aromatic nitrogens is 2. The molecule has 0 aromatic carbocycles. The molecular weight excluding hydrogens is 274 g/mol. The zero-order chi connectivity index (χ0) is 15.2. The fourth-order valence-electron chi connectivity index (χ4n) is 1.43. The molecule has 120 valence electrons. The van der Waals surface area contributed by atoms with E-state index in [9.17, 15) is 0 Å². The molecule has 0 radical (unpaired) electrons. The van der Waals surface area contributed by atoms with Crippen molar-refractivity contribution in [3.63, 3.8) is 0 Å². The third-order valence-corrected chi connectivity index (χ3v) is 2.52.